The van der Waals surface area contributed by atoms with Crippen LogP contribution in [0, 0.1) is 11.8 Å². The molecule has 0 bridgehead atoms. The first-order chi connectivity index (χ1) is 14.8. The third-order valence-electron chi connectivity index (χ3n) is 5.27. The van der Waals surface area contributed by atoms with E-state index in [4.69, 9.17) is 4.74 Å². The smallest absolute Gasteiger partial charge is 0.407 e. The van der Waals surface area contributed by atoms with Crippen LogP contribution in [0.15, 0.2) is 79.4 Å². The normalized spacial score (nSPS) is 11.6. The quantitative estimate of drug-likeness (QED) is 0.452. The topological polar surface area (TPSA) is 38.3 Å². The summed E-state index contributed by atoms with van der Waals surface area (Å²) in [7, 11) is 0. The molecule has 0 spiro atoms. The van der Waals surface area contributed by atoms with Crippen LogP contribution in [0.25, 0.3) is 17.2 Å². The molecule has 1 aliphatic carbocycles. The maximum atomic E-state index is 12.2. The molecular weight excluding hydrogens is 370 g/mol. The molecule has 0 atom stereocenters. The van der Waals surface area contributed by atoms with Gasteiger partial charge in [0.15, 0.2) is 0 Å². The zero-order chi connectivity index (χ0) is 20.8. The number of amides is 1. The molecule has 0 saturated heterocycles. The van der Waals surface area contributed by atoms with Gasteiger partial charge in [-0.3, -0.25) is 0 Å². The minimum Gasteiger partial charge on any atom is -0.449 e. The molecule has 1 N–H and O–H groups in total. The molecule has 148 valence electrons. The molecule has 0 aromatic heterocycles. The lowest BCUT2D eigenvalue weighted by Gasteiger charge is -2.14. The molecule has 0 heterocycles. The van der Waals surface area contributed by atoms with Gasteiger partial charge in [0, 0.05) is 24.4 Å². The van der Waals surface area contributed by atoms with Crippen LogP contribution >= 0.6 is 0 Å². The van der Waals surface area contributed by atoms with Crippen molar-refractivity contribution in [2.24, 2.45) is 0 Å². The number of fused-ring (bicyclic) bond motifs is 3. The molecule has 0 aliphatic heterocycles. The van der Waals surface area contributed by atoms with Crippen molar-refractivity contribution in [2.75, 3.05) is 13.2 Å². The Labute approximate surface area is 177 Å². The lowest BCUT2D eigenvalue weighted by molar-refractivity contribution is 0.143. The molecule has 0 saturated carbocycles. The number of carbonyl (C=O) groups excluding carboxylic acids is 1. The van der Waals surface area contributed by atoms with Crippen LogP contribution in [0.5, 0.6) is 0 Å². The highest BCUT2D eigenvalue weighted by molar-refractivity contribution is 5.79. The lowest BCUT2D eigenvalue weighted by Crippen LogP contribution is -2.26. The van der Waals surface area contributed by atoms with Crippen LogP contribution < -0.4 is 5.32 Å². The summed E-state index contributed by atoms with van der Waals surface area (Å²) in [5, 5.41) is 2.79. The number of alkyl carbamates (subject to hydrolysis) is 1. The van der Waals surface area contributed by atoms with E-state index in [0.717, 1.165) is 11.1 Å². The first-order valence-corrected chi connectivity index (χ1v) is 10.1. The van der Waals surface area contributed by atoms with E-state index in [1.165, 1.54) is 22.3 Å². The third kappa shape index (κ3) is 4.14. The summed E-state index contributed by atoms with van der Waals surface area (Å²) in [6.07, 6.45) is 1.93. The lowest BCUT2D eigenvalue weighted by atomic mass is 9.98. The molecule has 1 amide bonds. The van der Waals surface area contributed by atoms with Gasteiger partial charge in [-0.05, 0) is 33.9 Å². The Morgan fingerprint density at radius 1 is 0.967 bits per heavy atom. The number of ether oxygens (including phenoxy) is 1. The van der Waals surface area contributed by atoms with Crippen LogP contribution in [0.2, 0.25) is 0 Å². The number of hydrogen-bond donors (Lipinski definition) is 1. The number of rotatable bonds is 5. The molecule has 4 rings (SSSR count). The highest BCUT2D eigenvalue weighted by atomic mass is 16.5. The van der Waals surface area contributed by atoms with Gasteiger partial charge >= 0.3 is 6.09 Å². The third-order valence-corrected chi connectivity index (χ3v) is 5.27. The minimum atomic E-state index is -0.412. The van der Waals surface area contributed by atoms with E-state index in [1.807, 2.05) is 48.5 Å². The van der Waals surface area contributed by atoms with Crippen LogP contribution in [0.1, 0.15) is 34.6 Å². The van der Waals surface area contributed by atoms with Gasteiger partial charge in [-0.15, -0.1) is 0 Å². The van der Waals surface area contributed by atoms with Crippen LogP contribution in [0.4, 0.5) is 4.79 Å². The summed E-state index contributed by atoms with van der Waals surface area (Å²) < 4.78 is 5.53. The molecule has 1 aliphatic rings. The van der Waals surface area contributed by atoms with E-state index in [-0.39, 0.29) is 5.92 Å². The monoisotopic (exact) mass is 393 g/mol. The molecule has 0 fully saturated rings. The highest BCUT2D eigenvalue weighted by Gasteiger charge is 2.28. The van der Waals surface area contributed by atoms with E-state index >= 15 is 0 Å². The van der Waals surface area contributed by atoms with Gasteiger partial charge in [-0.1, -0.05) is 91.2 Å². The number of benzene rings is 3. The minimum absolute atomic E-state index is 0.0679. The van der Waals surface area contributed by atoms with Gasteiger partial charge in [-0.2, -0.15) is 0 Å². The Morgan fingerprint density at radius 2 is 1.60 bits per heavy atom. The van der Waals surface area contributed by atoms with Crippen molar-refractivity contribution in [3.63, 3.8) is 0 Å². The maximum absolute atomic E-state index is 12.2. The van der Waals surface area contributed by atoms with Crippen molar-refractivity contribution >= 4 is 12.2 Å². The summed E-state index contributed by atoms with van der Waals surface area (Å²) in [6.45, 7) is 4.56. The largest absolute Gasteiger partial charge is 0.449 e. The van der Waals surface area contributed by atoms with Crippen LogP contribution in [-0.2, 0) is 4.74 Å². The van der Waals surface area contributed by atoms with Crippen molar-refractivity contribution in [1.82, 2.24) is 5.32 Å². The zero-order valence-electron chi connectivity index (χ0n) is 16.7. The summed E-state index contributed by atoms with van der Waals surface area (Å²) in [4.78, 5) is 12.2. The van der Waals surface area contributed by atoms with Crippen molar-refractivity contribution in [2.45, 2.75) is 12.3 Å². The van der Waals surface area contributed by atoms with Crippen molar-refractivity contribution in [3.05, 3.63) is 102 Å². The Kier molecular flexibility index (Phi) is 5.96. The number of nitrogens with one attached hydrogen (secondary N) is 1. The summed E-state index contributed by atoms with van der Waals surface area (Å²) in [6, 6.07) is 24.5. The molecule has 3 nitrogen and oxygen atoms in total. The molecule has 0 unspecified atom stereocenters. The van der Waals surface area contributed by atoms with E-state index in [0.29, 0.717) is 19.6 Å². The Bertz CT molecular complexity index is 1090. The fourth-order valence-electron chi connectivity index (χ4n) is 3.82. The average Bonchev–Trinajstić information content (AvgIpc) is 3.11. The first-order valence-electron chi connectivity index (χ1n) is 10.1. The Hall–Kier alpha value is -3.77. The number of carbonyl (C=O) groups is 1. The van der Waals surface area contributed by atoms with Crippen molar-refractivity contribution < 1.29 is 9.53 Å². The second-order valence-electron chi connectivity index (χ2n) is 7.10. The second-order valence-corrected chi connectivity index (χ2v) is 7.10. The molecular formula is C27H23NO2. The summed E-state index contributed by atoms with van der Waals surface area (Å²) in [5.41, 5.74) is 6.80. The zero-order valence-corrected chi connectivity index (χ0v) is 16.7. The fourth-order valence-corrected chi connectivity index (χ4v) is 3.82. The van der Waals surface area contributed by atoms with Crippen molar-refractivity contribution in [1.29, 1.82) is 0 Å². The van der Waals surface area contributed by atoms with Gasteiger partial charge in [0.1, 0.15) is 6.61 Å². The maximum Gasteiger partial charge on any atom is 0.407 e. The van der Waals surface area contributed by atoms with Gasteiger partial charge < -0.3 is 10.1 Å². The van der Waals surface area contributed by atoms with E-state index < -0.39 is 6.09 Å². The average molecular weight is 393 g/mol. The predicted octanol–water partition coefficient (Wildman–Crippen LogP) is 5.61. The molecule has 3 aromatic carbocycles. The summed E-state index contributed by atoms with van der Waals surface area (Å²) >= 11 is 0. The van der Waals surface area contributed by atoms with Gasteiger partial charge in [-0.25, -0.2) is 4.79 Å². The van der Waals surface area contributed by atoms with Gasteiger partial charge in [0.2, 0.25) is 0 Å². The van der Waals surface area contributed by atoms with E-state index in [2.05, 4.69) is 48.0 Å². The van der Waals surface area contributed by atoms with E-state index in [1.54, 1.807) is 6.08 Å². The standard InChI is InChI=1S/C27H23NO2/c1-2-20-11-3-4-12-21(20)13-9-10-18-28-27(29)30-19-26-24-16-7-5-14-22(24)23-15-6-8-17-25(23)26/h2-8,11-12,14-17,26H,1,10,18-19H2,(H,28,29). The predicted molar refractivity (Wildman–Crippen MR) is 121 cm³/mol. The van der Waals surface area contributed by atoms with Crippen molar-refractivity contribution in [3.8, 4) is 23.0 Å². The SMILES string of the molecule is C=Cc1ccccc1C#CCCNC(=O)OCC1c2ccccc2-c2ccccc21. The first kappa shape index (κ1) is 19.5. The Morgan fingerprint density at radius 3 is 2.30 bits per heavy atom. The van der Waals surface area contributed by atoms with Crippen LogP contribution in [-0.4, -0.2) is 19.2 Å². The molecule has 3 aromatic rings. The van der Waals surface area contributed by atoms with E-state index in [9.17, 15) is 4.79 Å². The molecule has 30 heavy (non-hydrogen) atoms. The highest BCUT2D eigenvalue weighted by Crippen LogP contribution is 2.44. The molecule has 0 radical (unpaired) electrons. The Balaban J connectivity index is 1.30. The fraction of sp³-hybridized carbons (Fsp3) is 0.148. The van der Waals surface area contributed by atoms with Gasteiger partial charge in [0.05, 0.1) is 0 Å². The second kappa shape index (κ2) is 9.15. The number of hydrogen-bond acceptors (Lipinski definition) is 2. The summed E-state index contributed by atoms with van der Waals surface area (Å²) in [5.74, 6) is 6.28. The van der Waals surface area contributed by atoms with Gasteiger partial charge in [0.25, 0.3) is 0 Å². The van der Waals surface area contributed by atoms with Crippen LogP contribution in [0.3, 0.4) is 0 Å². The molecule has 3 heteroatoms.